The van der Waals surface area contributed by atoms with E-state index >= 15 is 0 Å². The lowest BCUT2D eigenvalue weighted by molar-refractivity contribution is -0.0479. The maximum Gasteiger partial charge on any atom is 0.351 e. The first-order valence-electron chi connectivity index (χ1n) is 5.60. The summed E-state index contributed by atoms with van der Waals surface area (Å²) >= 11 is 0. The van der Waals surface area contributed by atoms with Crippen molar-refractivity contribution in [3.05, 3.63) is 22.5 Å². The molecular formula is C11H13FN4O4. The van der Waals surface area contributed by atoms with Gasteiger partial charge in [-0.15, -0.1) is 6.42 Å². The van der Waals surface area contributed by atoms with Crippen molar-refractivity contribution in [2.45, 2.75) is 24.0 Å². The summed E-state index contributed by atoms with van der Waals surface area (Å²) in [4.78, 5) is 15.0. The fraction of sp³-hybridized carbons (Fsp3) is 0.455. The lowest BCUT2D eigenvalue weighted by atomic mass is 9.92. The minimum atomic E-state index is -1.82. The Morgan fingerprint density at radius 2 is 2.35 bits per heavy atom. The van der Waals surface area contributed by atoms with Gasteiger partial charge in [-0.05, 0) is 0 Å². The van der Waals surface area contributed by atoms with Crippen LogP contribution in [-0.4, -0.2) is 44.1 Å². The number of terminal acetylenes is 1. The van der Waals surface area contributed by atoms with Crippen LogP contribution in [0, 0.1) is 18.2 Å². The Balaban J connectivity index is 2.55. The average Bonchev–Trinajstić information content (AvgIpc) is 2.67. The van der Waals surface area contributed by atoms with E-state index in [1.807, 2.05) is 0 Å². The van der Waals surface area contributed by atoms with Crippen LogP contribution in [0.1, 0.15) is 6.23 Å². The van der Waals surface area contributed by atoms with Crippen LogP contribution < -0.4 is 17.2 Å². The molecule has 9 heteroatoms. The van der Waals surface area contributed by atoms with Crippen molar-refractivity contribution in [1.82, 2.24) is 9.55 Å². The molecule has 4 atom stereocenters. The largest absolute Gasteiger partial charge is 0.394 e. The molecule has 0 aliphatic carbocycles. The molecule has 0 aromatic carbocycles. The third-order valence-electron chi connectivity index (χ3n) is 3.17. The van der Waals surface area contributed by atoms with Gasteiger partial charge in [-0.1, -0.05) is 5.92 Å². The normalized spacial score (nSPS) is 33.0. The monoisotopic (exact) mass is 284 g/mol. The molecule has 2 rings (SSSR count). The van der Waals surface area contributed by atoms with E-state index in [0.29, 0.717) is 4.57 Å². The zero-order valence-corrected chi connectivity index (χ0v) is 10.2. The number of aliphatic hydroxyl groups is 2. The second-order valence-electron chi connectivity index (χ2n) is 4.40. The van der Waals surface area contributed by atoms with Crippen LogP contribution in [-0.2, 0) is 4.74 Å². The Labute approximate surface area is 112 Å². The molecule has 0 saturated carbocycles. The molecule has 1 unspecified atom stereocenters. The van der Waals surface area contributed by atoms with E-state index in [1.165, 1.54) is 0 Å². The van der Waals surface area contributed by atoms with Crippen molar-refractivity contribution < 1.29 is 19.3 Å². The number of halogens is 1. The summed E-state index contributed by atoms with van der Waals surface area (Å²) in [5.74, 6) is 0.574. The Hall–Kier alpha value is -1.99. The van der Waals surface area contributed by atoms with Gasteiger partial charge in [-0.2, -0.15) is 4.98 Å². The van der Waals surface area contributed by atoms with Crippen LogP contribution in [0.3, 0.4) is 0 Å². The lowest BCUT2D eigenvalue weighted by Gasteiger charge is -2.27. The lowest BCUT2D eigenvalue weighted by Crippen LogP contribution is -2.54. The van der Waals surface area contributed by atoms with E-state index in [4.69, 9.17) is 27.7 Å². The smallest absolute Gasteiger partial charge is 0.351 e. The first kappa shape index (κ1) is 14.4. The Morgan fingerprint density at radius 3 is 2.90 bits per heavy atom. The first-order valence-corrected chi connectivity index (χ1v) is 5.60. The predicted octanol–water partition coefficient (Wildman–Crippen LogP) is -2.45. The van der Waals surface area contributed by atoms with Crippen molar-refractivity contribution in [2.75, 3.05) is 12.3 Å². The quantitative estimate of drug-likeness (QED) is 0.442. The molecule has 1 aromatic heterocycles. The Morgan fingerprint density at radius 1 is 1.70 bits per heavy atom. The van der Waals surface area contributed by atoms with Crippen molar-refractivity contribution in [3.63, 3.8) is 0 Å². The molecule has 108 valence electrons. The van der Waals surface area contributed by atoms with Gasteiger partial charge >= 0.3 is 5.69 Å². The summed E-state index contributed by atoms with van der Waals surface area (Å²) in [6.07, 6.45) is 2.09. The topological polar surface area (TPSA) is 137 Å². The van der Waals surface area contributed by atoms with Crippen LogP contribution in [0.2, 0.25) is 0 Å². The summed E-state index contributed by atoms with van der Waals surface area (Å²) < 4.78 is 19.4. The summed E-state index contributed by atoms with van der Waals surface area (Å²) in [6.45, 7) is -0.571. The molecule has 1 aliphatic rings. The van der Waals surface area contributed by atoms with Crippen molar-refractivity contribution in [2.24, 2.45) is 5.73 Å². The van der Waals surface area contributed by atoms with Gasteiger partial charge in [0, 0.05) is 0 Å². The molecule has 0 amide bonds. The molecule has 1 aliphatic heterocycles. The molecule has 0 spiro atoms. The van der Waals surface area contributed by atoms with Gasteiger partial charge < -0.3 is 26.4 Å². The number of nitrogen functional groups attached to an aromatic ring is 1. The number of hydrogen-bond donors (Lipinski definition) is 4. The van der Waals surface area contributed by atoms with Crippen LogP contribution in [0.4, 0.5) is 10.2 Å². The minimum absolute atomic E-state index is 0.571. The zero-order chi connectivity index (χ0) is 15.1. The van der Waals surface area contributed by atoms with Crippen molar-refractivity contribution in [3.8, 4) is 12.3 Å². The van der Waals surface area contributed by atoms with Crippen molar-refractivity contribution >= 4 is 5.82 Å². The number of ether oxygens (including phenoxy) is 1. The maximum atomic E-state index is 13.4. The maximum absolute atomic E-state index is 13.4. The van der Waals surface area contributed by atoms with E-state index in [-0.39, 0.29) is 0 Å². The standard InChI is InChI=1S/C11H13FN4O4/c1-2-11(14)7(18)6(4-17)20-9(11)16-3-5(12)8(13)15-10(16)19/h1,3,6-7,9,17-18H,4,14H2,(H2,13,15,19)/t6-,7+,9-,11?/m1/s1. The van der Waals surface area contributed by atoms with E-state index in [2.05, 4.69) is 10.9 Å². The highest BCUT2D eigenvalue weighted by Gasteiger charge is 2.54. The summed E-state index contributed by atoms with van der Waals surface area (Å²) in [5.41, 5.74) is 8.25. The van der Waals surface area contributed by atoms with Gasteiger partial charge in [0.25, 0.3) is 0 Å². The zero-order valence-electron chi connectivity index (χ0n) is 10.2. The van der Waals surface area contributed by atoms with Gasteiger partial charge in [0.15, 0.2) is 23.4 Å². The second kappa shape index (κ2) is 4.84. The third kappa shape index (κ3) is 1.95. The number of nitrogens with zero attached hydrogens (tertiary/aromatic N) is 2. The fourth-order valence-corrected chi connectivity index (χ4v) is 2.03. The number of aliphatic hydroxyl groups excluding tert-OH is 2. The second-order valence-corrected chi connectivity index (χ2v) is 4.40. The fourth-order valence-electron chi connectivity index (χ4n) is 2.03. The molecule has 1 fully saturated rings. The van der Waals surface area contributed by atoms with Crippen LogP contribution >= 0.6 is 0 Å². The highest BCUT2D eigenvalue weighted by molar-refractivity contribution is 5.28. The van der Waals surface area contributed by atoms with Gasteiger partial charge in [0.05, 0.1) is 12.8 Å². The Bertz CT molecular complexity index is 628. The van der Waals surface area contributed by atoms with Crippen LogP contribution in [0.15, 0.2) is 11.0 Å². The predicted molar refractivity (Wildman–Crippen MR) is 65.6 cm³/mol. The molecule has 1 saturated heterocycles. The first-order chi connectivity index (χ1) is 9.35. The van der Waals surface area contributed by atoms with E-state index in [0.717, 1.165) is 6.20 Å². The molecule has 0 bridgehead atoms. The molecular weight excluding hydrogens is 271 g/mol. The highest BCUT2D eigenvalue weighted by atomic mass is 19.1. The Kier molecular flexibility index (Phi) is 3.49. The number of aromatic nitrogens is 2. The third-order valence-corrected chi connectivity index (χ3v) is 3.17. The van der Waals surface area contributed by atoms with Gasteiger partial charge in [-0.3, -0.25) is 4.57 Å². The number of anilines is 1. The van der Waals surface area contributed by atoms with Crippen LogP contribution in [0.25, 0.3) is 0 Å². The van der Waals surface area contributed by atoms with Crippen LogP contribution in [0.5, 0.6) is 0 Å². The molecule has 8 nitrogen and oxygen atoms in total. The number of nitrogens with two attached hydrogens (primary N) is 2. The molecule has 6 N–H and O–H groups in total. The molecule has 0 radical (unpaired) electrons. The summed E-state index contributed by atoms with van der Waals surface area (Å²) in [5, 5.41) is 19.0. The highest BCUT2D eigenvalue weighted by Crippen LogP contribution is 2.35. The molecule has 2 heterocycles. The van der Waals surface area contributed by atoms with Gasteiger partial charge in [0.2, 0.25) is 0 Å². The molecule has 1 aromatic rings. The van der Waals surface area contributed by atoms with E-state index < -0.39 is 47.9 Å². The summed E-state index contributed by atoms with van der Waals surface area (Å²) in [6, 6.07) is 0. The van der Waals surface area contributed by atoms with Crippen molar-refractivity contribution in [1.29, 1.82) is 0 Å². The van der Waals surface area contributed by atoms with Gasteiger partial charge in [-0.25, -0.2) is 9.18 Å². The van der Waals surface area contributed by atoms with E-state index in [9.17, 15) is 14.3 Å². The minimum Gasteiger partial charge on any atom is -0.394 e. The number of hydrogen-bond acceptors (Lipinski definition) is 7. The molecule has 20 heavy (non-hydrogen) atoms. The summed E-state index contributed by atoms with van der Waals surface area (Å²) in [7, 11) is 0. The van der Waals surface area contributed by atoms with E-state index in [1.54, 1.807) is 0 Å². The average molecular weight is 284 g/mol. The van der Waals surface area contributed by atoms with Gasteiger partial charge in [0.1, 0.15) is 12.2 Å². The SMILES string of the molecule is C#CC1(N)[C@@H](O)[C@@H](CO)O[C@H]1n1cc(F)c(N)nc1=O. The number of rotatable bonds is 2.